The molecule has 0 aromatic heterocycles. The van der Waals surface area contributed by atoms with E-state index in [1.165, 1.54) is 14.2 Å². The molecule has 0 spiro atoms. The lowest BCUT2D eigenvalue weighted by molar-refractivity contribution is -0.138. The van der Waals surface area contributed by atoms with Crippen LogP contribution >= 0.6 is 0 Å². The molecule has 0 saturated carbocycles. The Kier molecular flexibility index (Phi) is 6.50. The maximum atomic E-state index is 12.6. The Balaban J connectivity index is 2.29. The van der Waals surface area contributed by atoms with Crippen LogP contribution in [0.1, 0.15) is 10.4 Å². The number of ether oxygens (including phenoxy) is 2. The minimum absolute atomic E-state index is 0.153. The van der Waals surface area contributed by atoms with Gasteiger partial charge in [-0.05, 0) is 24.3 Å². The van der Waals surface area contributed by atoms with Crippen LogP contribution in [0.25, 0.3) is 0 Å². The van der Waals surface area contributed by atoms with Crippen LogP contribution in [-0.2, 0) is 19.1 Å². The van der Waals surface area contributed by atoms with Crippen LogP contribution in [0.2, 0.25) is 0 Å². The second-order valence-electron chi connectivity index (χ2n) is 5.06. The van der Waals surface area contributed by atoms with E-state index in [-0.39, 0.29) is 17.2 Å². The molecular weight excluding hydrogens is 336 g/mol. The first-order chi connectivity index (χ1) is 12.5. The zero-order valence-corrected chi connectivity index (χ0v) is 14.3. The first-order valence-corrected chi connectivity index (χ1v) is 7.65. The van der Waals surface area contributed by atoms with Crippen molar-refractivity contribution in [2.75, 3.05) is 24.9 Å². The van der Waals surface area contributed by atoms with Gasteiger partial charge in [0.05, 0.1) is 31.5 Å². The smallest absolute Gasteiger partial charge is 0.354 e. The molecule has 0 fully saturated rings. The topological polar surface area (TPSA) is 93.7 Å². The van der Waals surface area contributed by atoms with Crippen molar-refractivity contribution >= 4 is 29.2 Å². The van der Waals surface area contributed by atoms with Crippen LogP contribution < -0.4 is 10.6 Å². The molecule has 7 heteroatoms. The molecule has 2 rings (SSSR count). The third kappa shape index (κ3) is 4.94. The number of para-hydroxylation sites is 2. The SMILES string of the molecule is COC(=O)/C=C(\Nc1ccccc1C(=O)Nc1ccccc1)C(=O)OC. The van der Waals surface area contributed by atoms with Gasteiger partial charge in [0.1, 0.15) is 5.70 Å². The number of anilines is 2. The summed E-state index contributed by atoms with van der Waals surface area (Å²) >= 11 is 0. The van der Waals surface area contributed by atoms with E-state index < -0.39 is 11.9 Å². The van der Waals surface area contributed by atoms with Crippen molar-refractivity contribution in [2.45, 2.75) is 0 Å². The molecule has 0 radical (unpaired) electrons. The number of esters is 2. The number of rotatable bonds is 6. The molecule has 2 aromatic carbocycles. The molecule has 2 aromatic rings. The predicted molar refractivity (Wildman–Crippen MR) is 96.6 cm³/mol. The van der Waals surface area contributed by atoms with E-state index in [2.05, 4.69) is 20.1 Å². The van der Waals surface area contributed by atoms with Crippen molar-refractivity contribution in [3.8, 4) is 0 Å². The van der Waals surface area contributed by atoms with E-state index in [0.717, 1.165) is 6.08 Å². The maximum Gasteiger partial charge on any atom is 0.354 e. The minimum Gasteiger partial charge on any atom is -0.466 e. The van der Waals surface area contributed by atoms with Gasteiger partial charge in [-0.2, -0.15) is 0 Å². The molecule has 0 aliphatic heterocycles. The van der Waals surface area contributed by atoms with Gasteiger partial charge in [0.15, 0.2) is 0 Å². The highest BCUT2D eigenvalue weighted by Gasteiger charge is 2.17. The monoisotopic (exact) mass is 354 g/mol. The standard InChI is InChI=1S/C19H18N2O5/c1-25-17(22)12-16(19(24)26-2)21-15-11-7-6-10-14(15)18(23)20-13-8-4-3-5-9-13/h3-12,21H,1-2H3,(H,20,23)/b16-12-. The van der Waals surface area contributed by atoms with Crippen LogP contribution in [0, 0.1) is 0 Å². The third-order valence-corrected chi connectivity index (χ3v) is 3.34. The van der Waals surface area contributed by atoms with Gasteiger partial charge < -0.3 is 20.1 Å². The lowest BCUT2D eigenvalue weighted by atomic mass is 10.1. The molecule has 0 bridgehead atoms. The molecule has 26 heavy (non-hydrogen) atoms. The van der Waals surface area contributed by atoms with Gasteiger partial charge in [-0.1, -0.05) is 30.3 Å². The Bertz CT molecular complexity index is 831. The summed E-state index contributed by atoms with van der Waals surface area (Å²) in [4.78, 5) is 35.9. The number of hydrogen-bond acceptors (Lipinski definition) is 6. The maximum absolute atomic E-state index is 12.6. The number of nitrogens with one attached hydrogen (secondary N) is 2. The summed E-state index contributed by atoms with van der Waals surface area (Å²) in [7, 11) is 2.37. The van der Waals surface area contributed by atoms with Gasteiger partial charge in [-0.25, -0.2) is 9.59 Å². The lowest BCUT2D eigenvalue weighted by Crippen LogP contribution is -2.19. The Morgan fingerprint density at radius 1 is 0.846 bits per heavy atom. The third-order valence-electron chi connectivity index (χ3n) is 3.34. The first-order valence-electron chi connectivity index (χ1n) is 7.65. The molecule has 0 unspecified atom stereocenters. The number of carbonyl (C=O) groups is 3. The number of hydrogen-bond donors (Lipinski definition) is 2. The molecule has 0 aliphatic rings. The highest BCUT2D eigenvalue weighted by Crippen LogP contribution is 2.19. The van der Waals surface area contributed by atoms with Crippen LogP contribution in [0.15, 0.2) is 66.4 Å². The van der Waals surface area contributed by atoms with Crippen molar-refractivity contribution in [3.05, 3.63) is 71.9 Å². The number of methoxy groups -OCH3 is 2. The second-order valence-corrected chi connectivity index (χ2v) is 5.06. The quantitative estimate of drug-likeness (QED) is 0.612. The van der Waals surface area contributed by atoms with Crippen LogP contribution in [0.4, 0.5) is 11.4 Å². The molecule has 7 nitrogen and oxygen atoms in total. The average molecular weight is 354 g/mol. The Labute approximate surface area is 150 Å². The van der Waals surface area contributed by atoms with Crippen molar-refractivity contribution in [3.63, 3.8) is 0 Å². The average Bonchev–Trinajstić information content (AvgIpc) is 2.67. The van der Waals surface area contributed by atoms with E-state index in [9.17, 15) is 14.4 Å². The normalized spacial score (nSPS) is 10.6. The predicted octanol–water partition coefficient (Wildman–Crippen LogP) is 2.58. The fourth-order valence-electron chi connectivity index (χ4n) is 2.09. The summed E-state index contributed by atoms with van der Waals surface area (Å²) in [6.45, 7) is 0. The molecule has 134 valence electrons. The molecule has 0 heterocycles. The van der Waals surface area contributed by atoms with E-state index in [1.54, 1.807) is 48.5 Å². The highest BCUT2D eigenvalue weighted by atomic mass is 16.5. The second kappa shape index (κ2) is 9.03. The summed E-state index contributed by atoms with van der Waals surface area (Å²) in [5.41, 5.74) is 1.10. The van der Waals surface area contributed by atoms with E-state index in [0.29, 0.717) is 11.4 Å². The number of amides is 1. The summed E-state index contributed by atoms with van der Waals surface area (Å²) in [6.07, 6.45) is 0.956. The van der Waals surface area contributed by atoms with Crippen LogP contribution in [0.5, 0.6) is 0 Å². The largest absolute Gasteiger partial charge is 0.466 e. The van der Waals surface area contributed by atoms with Gasteiger partial charge in [0.2, 0.25) is 0 Å². The highest BCUT2D eigenvalue weighted by molar-refractivity contribution is 6.09. The molecule has 0 atom stereocenters. The van der Waals surface area contributed by atoms with E-state index in [1.807, 2.05) is 6.07 Å². The van der Waals surface area contributed by atoms with E-state index >= 15 is 0 Å². The molecule has 0 aliphatic carbocycles. The van der Waals surface area contributed by atoms with Gasteiger partial charge >= 0.3 is 11.9 Å². The summed E-state index contributed by atoms with van der Waals surface area (Å²) in [6, 6.07) is 15.5. The summed E-state index contributed by atoms with van der Waals surface area (Å²) in [5.74, 6) is -1.88. The van der Waals surface area contributed by atoms with Gasteiger partial charge in [-0.3, -0.25) is 4.79 Å². The van der Waals surface area contributed by atoms with Crippen LogP contribution in [0.3, 0.4) is 0 Å². The Hall–Kier alpha value is -3.61. The lowest BCUT2D eigenvalue weighted by Gasteiger charge is -2.13. The molecule has 0 saturated heterocycles. The summed E-state index contributed by atoms with van der Waals surface area (Å²) < 4.78 is 9.18. The Morgan fingerprint density at radius 3 is 2.15 bits per heavy atom. The zero-order chi connectivity index (χ0) is 18.9. The summed E-state index contributed by atoms with van der Waals surface area (Å²) in [5, 5.41) is 5.52. The van der Waals surface area contributed by atoms with Gasteiger partial charge in [0.25, 0.3) is 5.91 Å². The number of carbonyl (C=O) groups excluding carboxylic acids is 3. The minimum atomic E-state index is -0.770. The Morgan fingerprint density at radius 2 is 1.50 bits per heavy atom. The molecular formula is C19H18N2O5. The van der Waals surface area contributed by atoms with Crippen molar-refractivity contribution < 1.29 is 23.9 Å². The van der Waals surface area contributed by atoms with Crippen molar-refractivity contribution in [1.82, 2.24) is 0 Å². The zero-order valence-electron chi connectivity index (χ0n) is 14.3. The van der Waals surface area contributed by atoms with Crippen LogP contribution in [-0.4, -0.2) is 32.1 Å². The molecule has 1 amide bonds. The van der Waals surface area contributed by atoms with Gasteiger partial charge in [-0.15, -0.1) is 0 Å². The number of benzene rings is 2. The fraction of sp³-hybridized carbons (Fsp3) is 0.105. The first kappa shape index (κ1) is 18.7. The van der Waals surface area contributed by atoms with Crippen molar-refractivity contribution in [2.24, 2.45) is 0 Å². The van der Waals surface area contributed by atoms with E-state index in [4.69, 9.17) is 0 Å². The molecule has 2 N–H and O–H groups in total. The fourth-order valence-corrected chi connectivity index (χ4v) is 2.09. The van der Waals surface area contributed by atoms with Crippen molar-refractivity contribution in [1.29, 1.82) is 0 Å². The van der Waals surface area contributed by atoms with Gasteiger partial charge in [0, 0.05) is 5.69 Å².